The van der Waals surface area contributed by atoms with Crippen LogP contribution in [0.25, 0.3) is 11.4 Å². The minimum Gasteiger partial charge on any atom is -0.378 e. The Morgan fingerprint density at radius 1 is 1.42 bits per heavy atom. The van der Waals surface area contributed by atoms with Crippen molar-refractivity contribution in [3.05, 3.63) is 35.5 Å². The van der Waals surface area contributed by atoms with Gasteiger partial charge in [0.2, 0.25) is 11.7 Å². The van der Waals surface area contributed by atoms with Gasteiger partial charge < -0.3 is 15.0 Å². The second kappa shape index (κ2) is 6.43. The number of ether oxygens (including phenoxy) is 1. The molecule has 0 aliphatic heterocycles. The van der Waals surface area contributed by atoms with Crippen LogP contribution in [0.3, 0.4) is 0 Å². The predicted octanol–water partition coefficient (Wildman–Crippen LogP) is 3.59. The van der Waals surface area contributed by atoms with Crippen LogP contribution >= 0.6 is 12.4 Å². The van der Waals surface area contributed by atoms with Crippen molar-refractivity contribution in [3.63, 3.8) is 0 Å². The Balaban J connectivity index is 0.00000208. The number of rotatable bonds is 4. The van der Waals surface area contributed by atoms with Crippen LogP contribution in [0.1, 0.15) is 38.6 Å². The highest BCUT2D eigenvalue weighted by molar-refractivity contribution is 5.85. The fraction of sp³-hybridized carbons (Fsp3) is 0.529. The average molecular weight is 356 g/mol. The zero-order valence-corrected chi connectivity index (χ0v) is 15.1. The average Bonchev–Trinajstić information content (AvgIpc) is 3.00. The molecule has 0 spiro atoms. The zero-order valence-electron chi connectivity index (χ0n) is 14.3. The first-order chi connectivity index (χ1) is 10.8. The van der Waals surface area contributed by atoms with Gasteiger partial charge in [0.25, 0.3) is 0 Å². The molecule has 2 atom stereocenters. The molecule has 1 fully saturated rings. The van der Waals surface area contributed by atoms with Crippen molar-refractivity contribution < 1.29 is 13.7 Å². The summed E-state index contributed by atoms with van der Waals surface area (Å²) in [4.78, 5) is 4.45. The van der Waals surface area contributed by atoms with E-state index in [0.717, 1.165) is 0 Å². The Hall–Kier alpha value is -1.50. The summed E-state index contributed by atoms with van der Waals surface area (Å²) >= 11 is 0. The topological polar surface area (TPSA) is 74.2 Å². The highest BCUT2D eigenvalue weighted by Gasteiger charge is 2.62. The molecule has 132 valence electrons. The van der Waals surface area contributed by atoms with E-state index in [2.05, 4.69) is 10.1 Å². The SMILES string of the molecule is CCOC1CC(N)(c2nc(-c3ccc(F)c(C)c3)no2)C1(C)C.Cl. The number of aryl methyl sites for hydroxylation is 1. The molecule has 5 nitrogen and oxygen atoms in total. The molecule has 0 bridgehead atoms. The van der Waals surface area contributed by atoms with E-state index in [4.69, 9.17) is 15.0 Å². The molecule has 3 rings (SSSR count). The van der Waals surface area contributed by atoms with Gasteiger partial charge in [-0.15, -0.1) is 12.4 Å². The number of hydrogen-bond donors (Lipinski definition) is 1. The van der Waals surface area contributed by atoms with Crippen molar-refractivity contribution in [2.24, 2.45) is 11.1 Å². The molecule has 0 saturated heterocycles. The molecule has 0 amide bonds. The molecular weight excluding hydrogens is 333 g/mol. The number of nitrogens with two attached hydrogens (primary N) is 1. The standard InChI is InChI=1S/C17H22FN3O2.ClH/c1-5-22-13-9-17(19,16(13,3)4)15-20-14(21-23-15)11-6-7-12(18)10(2)8-11;/h6-8,13H,5,9,19H2,1-4H3;1H. The van der Waals surface area contributed by atoms with Crippen molar-refractivity contribution in [1.82, 2.24) is 10.1 Å². The molecule has 1 saturated carbocycles. The number of halogens is 2. The number of hydrogen-bond acceptors (Lipinski definition) is 5. The van der Waals surface area contributed by atoms with Crippen molar-refractivity contribution in [2.75, 3.05) is 6.61 Å². The quantitative estimate of drug-likeness (QED) is 0.907. The maximum atomic E-state index is 13.4. The fourth-order valence-corrected chi connectivity index (χ4v) is 3.10. The van der Waals surface area contributed by atoms with Gasteiger partial charge in [0, 0.05) is 24.0 Å². The van der Waals surface area contributed by atoms with Gasteiger partial charge in [-0.1, -0.05) is 19.0 Å². The van der Waals surface area contributed by atoms with Crippen molar-refractivity contribution in [1.29, 1.82) is 0 Å². The molecular formula is C17H23ClFN3O2. The highest BCUT2D eigenvalue weighted by atomic mass is 35.5. The van der Waals surface area contributed by atoms with Crippen LogP contribution in [0.15, 0.2) is 22.7 Å². The second-order valence-corrected chi connectivity index (χ2v) is 6.73. The smallest absolute Gasteiger partial charge is 0.247 e. The molecule has 1 aliphatic carbocycles. The molecule has 2 N–H and O–H groups in total. The lowest BCUT2D eigenvalue weighted by atomic mass is 9.54. The lowest BCUT2D eigenvalue weighted by Crippen LogP contribution is -2.67. The van der Waals surface area contributed by atoms with E-state index in [1.807, 2.05) is 20.8 Å². The van der Waals surface area contributed by atoms with Gasteiger partial charge in [0.1, 0.15) is 11.4 Å². The van der Waals surface area contributed by atoms with Gasteiger partial charge in [0.05, 0.1) is 6.10 Å². The molecule has 1 aromatic carbocycles. The van der Waals surface area contributed by atoms with Crippen molar-refractivity contribution in [2.45, 2.75) is 45.8 Å². The van der Waals surface area contributed by atoms with Gasteiger partial charge in [-0.3, -0.25) is 0 Å². The van der Waals surface area contributed by atoms with E-state index in [0.29, 0.717) is 35.9 Å². The molecule has 1 heterocycles. The van der Waals surface area contributed by atoms with Gasteiger partial charge >= 0.3 is 0 Å². The van der Waals surface area contributed by atoms with E-state index < -0.39 is 5.54 Å². The van der Waals surface area contributed by atoms with Crippen molar-refractivity contribution >= 4 is 12.4 Å². The molecule has 1 aromatic heterocycles. The molecule has 7 heteroatoms. The third kappa shape index (κ3) is 2.72. The van der Waals surface area contributed by atoms with Crippen LogP contribution in [0.4, 0.5) is 4.39 Å². The summed E-state index contributed by atoms with van der Waals surface area (Å²) in [5.74, 6) is 0.562. The summed E-state index contributed by atoms with van der Waals surface area (Å²) in [6.45, 7) is 8.40. The van der Waals surface area contributed by atoms with Crippen LogP contribution < -0.4 is 5.73 Å². The Kier molecular flexibility index (Phi) is 5.04. The predicted molar refractivity (Wildman–Crippen MR) is 91.4 cm³/mol. The molecule has 2 unspecified atom stereocenters. The van der Waals surface area contributed by atoms with Gasteiger partial charge in [-0.25, -0.2) is 4.39 Å². The summed E-state index contributed by atoms with van der Waals surface area (Å²) in [6.07, 6.45) is 0.707. The monoisotopic (exact) mass is 355 g/mol. The van der Waals surface area contributed by atoms with Gasteiger partial charge in [-0.2, -0.15) is 4.98 Å². The first kappa shape index (κ1) is 18.8. The molecule has 0 radical (unpaired) electrons. The Morgan fingerprint density at radius 2 is 2.12 bits per heavy atom. The first-order valence-corrected chi connectivity index (χ1v) is 7.81. The van der Waals surface area contributed by atoms with Crippen molar-refractivity contribution in [3.8, 4) is 11.4 Å². The Morgan fingerprint density at radius 3 is 2.71 bits per heavy atom. The third-order valence-corrected chi connectivity index (χ3v) is 5.05. The van der Waals surface area contributed by atoms with E-state index in [1.165, 1.54) is 6.07 Å². The normalized spacial score (nSPS) is 25.0. The highest BCUT2D eigenvalue weighted by Crippen LogP contribution is 2.55. The van der Waals surface area contributed by atoms with E-state index in [-0.39, 0.29) is 29.7 Å². The third-order valence-electron chi connectivity index (χ3n) is 5.05. The van der Waals surface area contributed by atoms with Gasteiger partial charge in [0.15, 0.2) is 0 Å². The lowest BCUT2D eigenvalue weighted by Gasteiger charge is -2.56. The van der Waals surface area contributed by atoms with E-state index in [9.17, 15) is 4.39 Å². The number of aromatic nitrogens is 2. The van der Waals surface area contributed by atoms with E-state index >= 15 is 0 Å². The molecule has 24 heavy (non-hydrogen) atoms. The number of benzene rings is 1. The van der Waals surface area contributed by atoms with Gasteiger partial charge in [-0.05, 0) is 37.6 Å². The summed E-state index contributed by atoms with van der Waals surface area (Å²) in [7, 11) is 0. The summed E-state index contributed by atoms with van der Waals surface area (Å²) in [6, 6.07) is 4.73. The minimum absolute atomic E-state index is 0. The van der Waals surface area contributed by atoms with Crippen LogP contribution in [0.2, 0.25) is 0 Å². The zero-order chi connectivity index (χ0) is 16.8. The number of nitrogens with zero attached hydrogens (tertiary/aromatic N) is 2. The van der Waals surface area contributed by atoms with Crippen LogP contribution in [0, 0.1) is 18.2 Å². The summed E-state index contributed by atoms with van der Waals surface area (Å²) < 4.78 is 24.5. The Labute approximate surface area is 147 Å². The summed E-state index contributed by atoms with van der Waals surface area (Å²) in [5.41, 5.74) is 6.76. The fourth-order valence-electron chi connectivity index (χ4n) is 3.10. The van der Waals surface area contributed by atoms with Crippen LogP contribution in [0.5, 0.6) is 0 Å². The summed E-state index contributed by atoms with van der Waals surface area (Å²) in [5, 5.41) is 4.01. The van der Waals surface area contributed by atoms with Crippen LogP contribution in [-0.2, 0) is 10.3 Å². The second-order valence-electron chi connectivity index (χ2n) is 6.73. The van der Waals surface area contributed by atoms with Crippen LogP contribution in [-0.4, -0.2) is 22.9 Å². The molecule has 1 aliphatic rings. The van der Waals surface area contributed by atoms with E-state index in [1.54, 1.807) is 19.1 Å². The maximum Gasteiger partial charge on any atom is 0.247 e. The lowest BCUT2D eigenvalue weighted by molar-refractivity contribution is -0.162. The largest absolute Gasteiger partial charge is 0.378 e. The molecule has 2 aromatic rings. The Bertz CT molecular complexity index is 734. The minimum atomic E-state index is -0.715. The maximum absolute atomic E-state index is 13.4. The first-order valence-electron chi connectivity index (χ1n) is 7.81.